The second kappa shape index (κ2) is 4.43. The molecule has 0 heterocycles. The van der Waals surface area contributed by atoms with Crippen molar-refractivity contribution in [1.29, 1.82) is 5.26 Å². The van der Waals surface area contributed by atoms with Gasteiger partial charge in [0.15, 0.2) is 0 Å². The van der Waals surface area contributed by atoms with Crippen molar-refractivity contribution in [3.05, 3.63) is 29.6 Å². The SMILES string of the molecule is N#Cc1c(F)cccc1NCCO. The maximum absolute atomic E-state index is 13.0. The summed E-state index contributed by atoms with van der Waals surface area (Å²) in [5, 5.41) is 19.9. The Morgan fingerprint density at radius 1 is 1.54 bits per heavy atom. The van der Waals surface area contributed by atoms with Crippen LogP contribution >= 0.6 is 0 Å². The third-order valence-corrected chi connectivity index (χ3v) is 1.55. The number of anilines is 1. The summed E-state index contributed by atoms with van der Waals surface area (Å²) in [6.45, 7) is 0.250. The monoisotopic (exact) mass is 180 g/mol. The van der Waals surface area contributed by atoms with Gasteiger partial charge in [0.1, 0.15) is 17.4 Å². The van der Waals surface area contributed by atoms with Crippen LogP contribution in [0.5, 0.6) is 0 Å². The summed E-state index contributed by atoms with van der Waals surface area (Å²) in [6.07, 6.45) is 0. The van der Waals surface area contributed by atoms with E-state index in [0.29, 0.717) is 12.2 Å². The van der Waals surface area contributed by atoms with Crippen LogP contribution in [0.15, 0.2) is 18.2 Å². The first-order chi connectivity index (χ1) is 6.29. The van der Waals surface area contributed by atoms with Crippen molar-refractivity contribution in [2.45, 2.75) is 0 Å². The maximum Gasteiger partial charge on any atom is 0.143 e. The van der Waals surface area contributed by atoms with Crippen LogP contribution in [-0.2, 0) is 0 Å². The predicted octanol–water partition coefficient (Wildman–Crippen LogP) is 1.10. The summed E-state index contributed by atoms with van der Waals surface area (Å²) in [5.74, 6) is -0.551. The highest BCUT2D eigenvalue weighted by atomic mass is 19.1. The highest BCUT2D eigenvalue weighted by Gasteiger charge is 2.05. The van der Waals surface area contributed by atoms with E-state index in [4.69, 9.17) is 10.4 Å². The van der Waals surface area contributed by atoms with Crippen LogP contribution in [0.2, 0.25) is 0 Å². The van der Waals surface area contributed by atoms with E-state index in [-0.39, 0.29) is 12.2 Å². The van der Waals surface area contributed by atoms with Crippen molar-refractivity contribution in [2.75, 3.05) is 18.5 Å². The molecule has 0 radical (unpaired) electrons. The summed E-state index contributed by atoms with van der Waals surface area (Å²) < 4.78 is 13.0. The van der Waals surface area contributed by atoms with Crippen molar-refractivity contribution >= 4 is 5.69 Å². The van der Waals surface area contributed by atoms with Gasteiger partial charge < -0.3 is 10.4 Å². The van der Waals surface area contributed by atoms with E-state index >= 15 is 0 Å². The number of rotatable bonds is 3. The summed E-state index contributed by atoms with van der Waals surface area (Å²) in [4.78, 5) is 0. The zero-order valence-electron chi connectivity index (χ0n) is 6.92. The molecule has 2 N–H and O–H groups in total. The van der Waals surface area contributed by atoms with E-state index in [1.54, 1.807) is 12.1 Å². The first-order valence-corrected chi connectivity index (χ1v) is 3.83. The molecule has 0 spiro atoms. The first-order valence-electron chi connectivity index (χ1n) is 3.83. The second-order valence-electron chi connectivity index (χ2n) is 2.42. The van der Waals surface area contributed by atoms with E-state index in [1.807, 2.05) is 0 Å². The van der Waals surface area contributed by atoms with E-state index in [9.17, 15) is 4.39 Å². The molecule has 4 heteroatoms. The van der Waals surface area contributed by atoms with E-state index in [1.165, 1.54) is 12.1 Å². The van der Waals surface area contributed by atoms with Gasteiger partial charge in [-0.05, 0) is 12.1 Å². The Morgan fingerprint density at radius 2 is 2.31 bits per heavy atom. The number of nitrogens with zero attached hydrogens (tertiary/aromatic N) is 1. The molecule has 0 aliphatic rings. The van der Waals surface area contributed by atoms with E-state index in [2.05, 4.69) is 5.32 Å². The fourth-order valence-corrected chi connectivity index (χ4v) is 0.976. The molecule has 1 aromatic rings. The number of nitriles is 1. The van der Waals surface area contributed by atoms with Crippen LogP contribution in [0.4, 0.5) is 10.1 Å². The van der Waals surface area contributed by atoms with Gasteiger partial charge in [0.2, 0.25) is 0 Å². The number of hydrogen-bond donors (Lipinski definition) is 2. The molecule has 0 aliphatic heterocycles. The Bertz CT molecular complexity index is 333. The molecule has 3 nitrogen and oxygen atoms in total. The maximum atomic E-state index is 13.0. The first kappa shape index (κ1) is 9.49. The Morgan fingerprint density at radius 3 is 2.92 bits per heavy atom. The van der Waals surface area contributed by atoms with Gasteiger partial charge >= 0.3 is 0 Å². The van der Waals surface area contributed by atoms with Crippen molar-refractivity contribution in [1.82, 2.24) is 0 Å². The van der Waals surface area contributed by atoms with Gasteiger partial charge in [0.25, 0.3) is 0 Å². The average Bonchev–Trinajstić information content (AvgIpc) is 2.15. The van der Waals surface area contributed by atoms with Crippen LogP contribution in [-0.4, -0.2) is 18.3 Å². The summed E-state index contributed by atoms with van der Waals surface area (Å²) >= 11 is 0. The molecule has 1 aromatic carbocycles. The van der Waals surface area contributed by atoms with Crippen LogP contribution in [0.3, 0.4) is 0 Å². The average molecular weight is 180 g/mol. The smallest absolute Gasteiger partial charge is 0.143 e. The summed E-state index contributed by atoms with van der Waals surface area (Å²) in [6, 6.07) is 6.08. The van der Waals surface area contributed by atoms with E-state index in [0.717, 1.165) is 0 Å². The van der Waals surface area contributed by atoms with Gasteiger partial charge in [0, 0.05) is 6.54 Å². The quantitative estimate of drug-likeness (QED) is 0.732. The molecule has 0 aliphatic carbocycles. The van der Waals surface area contributed by atoms with Crippen molar-refractivity contribution < 1.29 is 9.50 Å². The lowest BCUT2D eigenvalue weighted by atomic mass is 10.2. The zero-order chi connectivity index (χ0) is 9.68. The molecule has 0 bridgehead atoms. The third kappa shape index (κ3) is 2.17. The Kier molecular flexibility index (Phi) is 3.23. The molecule has 68 valence electrons. The molecule has 1 rings (SSSR count). The fourth-order valence-electron chi connectivity index (χ4n) is 0.976. The number of aliphatic hydroxyl groups excluding tert-OH is 1. The lowest BCUT2D eigenvalue weighted by Crippen LogP contribution is -2.07. The molecule has 0 aromatic heterocycles. The topological polar surface area (TPSA) is 56.0 Å². The lowest BCUT2D eigenvalue weighted by molar-refractivity contribution is 0.311. The number of halogens is 1. The molecule has 0 unspecified atom stereocenters. The second-order valence-corrected chi connectivity index (χ2v) is 2.42. The van der Waals surface area contributed by atoms with Crippen LogP contribution in [0.1, 0.15) is 5.56 Å². The standard InChI is InChI=1S/C9H9FN2O/c10-8-2-1-3-9(7(8)6-11)12-4-5-13/h1-3,12-13H,4-5H2. The van der Waals surface area contributed by atoms with Gasteiger partial charge in [-0.2, -0.15) is 5.26 Å². The number of nitrogens with one attached hydrogen (secondary N) is 1. The van der Waals surface area contributed by atoms with E-state index < -0.39 is 5.82 Å². The molecule has 0 fully saturated rings. The molecule has 13 heavy (non-hydrogen) atoms. The molecular weight excluding hydrogens is 171 g/mol. The van der Waals surface area contributed by atoms with Crippen molar-refractivity contribution in [3.8, 4) is 6.07 Å². The molecule has 0 amide bonds. The third-order valence-electron chi connectivity index (χ3n) is 1.55. The molecule has 0 saturated heterocycles. The largest absolute Gasteiger partial charge is 0.395 e. The van der Waals surface area contributed by atoms with Crippen LogP contribution in [0.25, 0.3) is 0 Å². The van der Waals surface area contributed by atoms with Crippen LogP contribution in [0, 0.1) is 17.1 Å². The number of benzene rings is 1. The van der Waals surface area contributed by atoms with Crippen molar-refractivity contribution in [2.24, 2.45) is 0 Å². The summed E-state index contributed by atoms with van der Waals surface area (Å²) in [5.41, 5.74) is 0.396. The Hall–Kier alpha value is -1.60. The normalized spacial score (nSPS) is 9.31. The van der Waals surface area contributed by atoms with Gasteiger partial charge in [-0.15, -0.1) is 0 Å². The number of aliphatic hydroxyl groups is 1. The molecule has 0 atom stereocenters. The van der Waals surface area contributed by atoms with Crippen molar-refractivity contribution in [3.63, 3.8) is 0 Å². The Balaban J connectivity index is 2.93. The molecular formula is C9H9FN2O. The number of hydrogen-bond acceptors (Lipinski definition) is 3. The minimum Gasteiger partial charge on any atom is -0.395 e. The minimum atomic E-state index is -0.551. The summed E-state index contributed by atoms with van der Waals surface area (Å²) in [7, 11) is 0. The highest BCUT2D eigenvalue weighted by molar-refractivity contribution is 5.57. The minimum absolute atomic E-state index is 0.0176. The lowest BCUT2D eigenvalue weighted by Gasteiger charge is -2.05. The van der Waals surface area contributed by atoms with Gasteiger partial charge in [-0.3, -0.25) is 0 Å². The highest BCUT2D eigenvalue weighted by Crippen LogP contribution is 2.16. The van der Waals surface area contributed by atoms with Gasteiger partial charge in [-0.25, -0.2) is 4.39 Å². The van der Waals surface area contributed by atoms with Crippen LogP contribution < -0.4 is 5.32 Å². The van der Waals surface area contributed by atoms with Gasteiger partial charge in [0.05, 0.1) is 12.3 Å². The Labute approximate surface area is 75.4 Å². The fraction of sp³-hybridized carbons (Fsp3) is 0.222. The zero-order valence-corrected chi connectivity index (χ0v) is 6.92. The predicted molar refractivity (Wildman–Crippen MR) is 46.7 cm³/mol. The molecule has 0 saturated carbocycles. The van der Waals surface area contributed by atoms with Gasteiger partial charge in [-0.1, -0.05) is 6.07 Å².